The van der Waals surface area contributed by atoms with Gasteiger partial charge < -0.3 is 14.4 Å². The molecule has 0 bridgehead atoms. The van der Waals surface area contributed by atoms with E-state index in [1.165, 1.54) is 18.2 Å². The summed E-state index contributed by atoms with van der Waals surface area (Å²) in [6.07, 6.45) is 4.71. The minimum atomic E-state index is -0.550. The fourth-order valence-electron chi connectivity index (χ4n) is 4.15. The smallest absolute Gasteiger partial charge is 0.226 e. The summed E-state index contributed by atoms with van der Waals surface area (Å²) in [6.45, 7) is 2.76. The number of ether oxygens (including phenoxy) is 2. The van der Waals surface area contributed by atoms with Crippen molar-refractivity contribution in [3.63, 3.8) is 0 Å². The van der Waals surface area contributed by atoms with Gasteiger partial charge >= 0.3 is 0 Å². The monoisotopic (exact) mass is 365 g/mol. The van der Waals surface area contributed by atoms with Crippen molar-refractivity contribution in [2.75, 3.05) is 26.3 Å². The van der Waals surface area contributed by atoms with Gasteiger partial charge in [-0.1, -0.05) is 6.07 Å². The number of hydrogen-bond acceptors (Lipinski definition) is 3. The molecule has 0 aromatic heterocycles. The first-order valence-corrected chi connectivity index (χ1v) is 9.59. The van der Waals surface area contributed by atoms with E-state index in [-0.39, 0.29) is 35.5 Å². The highest BCUT2D eigenvalue weighted by molar-refractivity contribution is 5.83. The van der Waals surface area contributed by atoms with Crippen LogP contribution in [0.3, 0.4) is 0 Å². The van der Waals surface area contributed by atoms with Crippen molar-refractivity contribution >= 4 is 5.91 Å². The number of nitrogens with zero attached hydrogens (tertiary/aromatic N) is 1. The van der Waals surface area contributed by atoms with Gasteiger partial charge in [-0.25, -0.2) is 8.78 Å². The Bertz CT molecular complexity index is 634. The normalized spacial score (nSPS) is 29.2. The Hall–Kier alpha value is -1.53. The van der Waals surface area contributed by atoms with E-state index in [0.29, 0.717) is 26.1 Å². The summed E-state index contributed by atoms with van der Waals surface area (Å²) in [4.78, 5) is 14.5. The first kappa shape index (κ1) is 17.9. The maximum atomic E-state index is 13.9. The third-order valence-electron chi connectivity index (χ3n) is 5.77. The first-order chi connectivity index (χ1) is 12.6. The second kappa shape index (κ2) is 7.61. The lowest BCUT2D eigenvalue weighted by molar-refractivity contribution is -0.135. The van der Waals surface area contributed by atoms with Crippen LogP contribution < -0.4 is 0 Å². The third kappa shape index (κ3) is 3.76. The summed E-state index contributed by atoms with van der Waals surface area (Å²) in [5.41, 5.74) is 0.0700. The standard InChI is InChI=1S/C20H25F2NO3/c21-17-4-1-5-18(22)19(17)15-11-16(15)20(24)23-8-6-13(7-9-23)26-12-14-3-2-10-25-14/h1,4-5,13-16H,2-3,6-12H2/t14?,15-,16-/m1/s1. The number of hydrogen-bond donors (Lipinski definition) is 0. The molecule has 0 spiro atoms. The highest BCUT2D eigenvalue weighted by Gasteiger charge is 2.48. The Labute approximate surface area is 152 Å². The number of halogens is 2. The van der Waals surface area contributed by atoms with Crippen molar-refractivity contribution in [3.8, 4) is 0 Å². The molecule has 2 aliphatic heterocycles. The fraction of sp³-hybridized carbons (Fsp3) is 0.650. The molecule has 1 aliphatic carbocycles. The van der Waals surface area contributed by atoms with Gasteiger partial charge in [0, 0.05) is 37.1 Å². The number of likely N-dealkylation sites (tertiary alicyclic amines) is 1. The minimum absolute atomic E-state index is 0.0234. The zero-order valence-electron chi connectivity index (χ0n) is 14.8. The van der Waals surface area contributed by atoms with Crippen molar-refractivity contribution in [1.82, 2.24) is 4.90 Å². The number of carbonyl (C=O) groups excluding carboxylic acids is 1. The maximum absolute atomic E-state index is 13.9. The second-order valence-corrected chi connectivity index (χ2v) is 7.58. The summed E-state index contributed by atoms with van der Waals surface area (Å²) >= 11 is 0. The highest BCUT2D eigenvalue weighted by Crippen LogP contribution is 2.50. The van der Waals surface area contributed by atoms with Crippen LogP contribution in [-0.4, -0.2) is 49.3 Å². The van der Waals surface area contributed by atoms with E-state index in [1.54, 1.807) is 0 Å². The lowest BCUT2D eigenvalue weighted by atomic mass is 10.0. The average molecular weight is 365 g/mol. The van der Waals surface area contributed by atoms with Gasteiger partial charge in [-0.3, -0.25) is 4.79 Å². The van der Waals surface area contributed by atoms with E-state index in [2.05, 4.69) is 0 Å². The zero-order chi connectivity index (χ0) is 18.1. The summed E-state index contributed by atoms with van der Waals surface area (Å²) in [5, 5.41) is 0. The van der Waals surface area contributed by atoms with E-state index >= 15 is 0 Å². The molecule has 1 unspecified atom stereocenters. The van der Waals surface area contributed by atoms with Crippen molar-refractivity contribution in [3.05, 3.63) is 35.4 Å². The maximum Gasteiger partial charge on any atom is 0.226 e. The van der Waals surface area contributed by atoms with E-state index < -0.39 is 11.6 Å². The summed E-state index contributed by atoms with van der Waals surface area (Å²) < 4.78 is 39.3. The molecule has 4 rings (SSSR count). The highest BCUT2D eigenvalue weighted by atomic mass is 19.1. The molecule has 4 nitrogen and oxygen atoms in total. The van der Waals surface area contributed by atoms with E-state index in [0.717, 1.165) is 32.3 Å². The predicted molar refractivity (Wildman–Crippen MR) is 91.7 cm³/mol. The predicted octanol–water partition coefficient (Wildman–Crippen LogP) is 3.25. The zero-order valence-corrected chi connectivity index (χ0v) is 14.8. The molecule has 0 radical (unpaired) electrons. The largest absolute Gasteiger partial charge is 0.376 e. The van der Waals surface area contributed by atoms with Gasteiger partial charge in [-0.15, -0.1) is 0 Å². The average Bonchev–Trinajstić information content (AvgIpc) is 3.24. The number of piperidine rings is 1. The van der Waals surface area contributed by atoms with Crippen LogP contribution in [0, 0.1) is 17.6 Å². The van der Waals surface area contributed by atoms with Gasteiger partial charge in [0.2, 0.25) is 5.91 Å². The van der Waals surface area contributed by atoms with Crippen molar-refractivity contribution in [2.24, 2.45) is 5.92 Å². The molecular weight excluding hydrogens is 340 g/mol. The molecule has 3 atom stereocenters. The lowest BCUT2D eigenvalue weighted by Crippen LogP contribution is -2.42. The molecule has 3 fully saturated rings. The van der Waals surface area contributed by atoms with Crippen LogP contribution in [0.1, 0.15) is 43.6 Å². The molecule has 2 heterocycles. The third-order valence-corrected chi connectivity index (χ3v) is 5.77. The topological polar surface area (TPSA) is 38.8 Å². The van der Waals surface area contributed by atoms with E-state index in [9.17, 15) is 13.6 Å². The molecule has 1 saturated carbocycles. The van der Waals surface area contributed by atoms with Crippen molar-refractivity contribution < 1.29 is 23.0 Å². The van der Waals surface area contributed by atoms with Gasteiger partial charge in [-0.05, 0) is 44.2 Å². The second-order valence-electron chi connectivity index (χ2n) is 7.58. The van der Waals surface area contributed by atoms with Gasteiger partial charge in [0.15, 0.2) is 0 Å². The Morgan fingerprint density at radius 1 is 1.19 bits per heavy atom. The Balaban J connectivity index is 1.25. The Morgan fingerprint density at radius 3 is 2.58 bits per heavy atom. The van der Waals surface area contributed by atoms with Crippen LogP contribution in [0.15, 0.2) is 18.2 Å². The molecule has 1 aromatic carbocycles. The number of benzene rings is 1. The van der Waals surface area contributed by atoms with Gasteiger partial charge in [0.05, 0.1) is 18.8 Å². The molecule has 142 valence electrons. The number of amides is 1. The molecule has 1 amide bonds. The van der Waals surface area contributed by atoms with Gasteiger partial charge in [0.25, 0.3) is 0 Å². The summed E-state index contributed by atoms with van der Waals surface area (Å²) in [7, 11) is 0. The molecular formula is C20H25F2NO3. The summed E-state index contributed by atoms with van der Waals surface area (Å²) in [6, 6.07) is 3.87. The van der Waals surface area contributed by atoms with Crippen LogP contribution in [0.4, 0.5) is 8.78 Å². The van der Waals surface area contributed by atoms with Crippen molar-refractivity contribution in [2.45, 2.75) is 50.2 Å². The van der Waals surface area contributed by atoms with Crippen LogP contribution in [0.2, 0.25) is 0 Å². The van der Waals surface area contributed by atoms with Crippen LogP contribution in [-0.2, 0) is 14.3 Å². The Morgan fingerprint density at radius 2 is 1.92 bits per heavy atom. The molecule has 26 heavy (non-hydrogen) atoms. The van der Waals surface area contributed by atoms with Gasteiger partial charge in [-0.2, -0.15) is 0 Å². The quantitative estimate of drug-likeness (QED) is 0.804. The molecule has 2 saturated heterocycles. The summed E-state index contributed by atoms with van der Waals surface area (Å²) in [5.74, 6) is -1.68. The minimum Gasteiger partial charge on any atom is -0.376 e. The molecule has 1 aromatic rings. The van der Waals surface area contributed by atoms with Crippen LogP contribution >= 0.6 is 0 Å². The molecule has 3 aliphatic rings. The van der Waals surface area contributed by atoms with Crippen LogP contribution in [0.25, 0.3) is 0 Å². The first-order valence-electron chi connectivity index (χ1n) is 9.59. The van der Waals surface area contributed by atoms with E-state index in [1.807, 2.05) is 4.90 Å². The van der Waals surface area contributed by atoms with Crippen LogP contribution in [0.5, 0.6) is 0 Å². The van der Waals surface area contributed by atoms with E-state index in [4.69, 9.17) is 9.47 Å². The molecule has 0 N–H and O–H groups in total. The SMILES string of the molecule is O=C([C@@H]1C[C@H]1c1c(F)cccc1F)N1CCC(OCC2CCCO2)CC1. The van der Waals surface area contributed by atoms with Crippen molar-refractivity contribution in [1.29, 1.82) is 0 Å². The fourth-order valence-corrected chi connectivity index (χ4v) is 4.15. The number of carbonyl (C=O) groups is 1. The Kier molecular flexibility index (Phi) is 5.23. The number of rotatable bonds is 5. The van der Waals surface area contributed by atoms with Gasteiger partial charge in [0.1, 0.15) is 11.6 Å². The lowest BCUT2D eigenvalue weighted by Gasteiger charge is -2.32. The molecule has 6 heteroatoms.